The van der Waals surface area contributed by atoms with Gasteiger partial charge < -0.3 is 23.0 Å². The Morgan fingerprint density at radius 1 is 1.42 bits per heavy atom. The predicted octanol–water partition coefficient (Wildman–Crippen LogP) is 1.08. The average molecular weight is 184 g/mol. The van der Waals surface area contributed by atoms with E-state index in [9.17, 15) is 12.9 Å². The van der Waals surface area contributed by atoms with Crippen molar-refractivity contribution in [2.45, 2.75) is 19.4 Å². The number of aliphatic hydroxyl groups is 1. The van der Waals surface area contributed by atoms with Gasteiger partial charge >= 0.3 is 6.98 Å². The summed E-state index contributed by atoms with van der Waals surface area (Å²) < 4.78 is 35.4. The molecule has 0 radical (unpaired) electrons. The molecule has 1 unspecified atom stereocenters. The van der Waals surface area contributed by atoms with Crippen LogP contribution in [0.3, 0.4) is 0 Å². The van der Waals surface area contributed by atoms with Crippen molar-refractivity contribution >= 4 is 6.98 Å². The zero-order valence-electron chi connectivity index (χ0n) is 7.30. The van der Waals surface area contributed by atoms with Crippen molar-refractivity contribution in [3.8, 4) is 0 Å². The summed E-state index contributed by atoms with van der Waals surface area (Å²) in [4.78, 5) is 1.17. The van der Waals surface area contributed by atoms with Crippen LogP contribution < -0.4 is 0 Å². The van der Waals surface area contributed by atoms with Crippen LogP contribution in [-0.2, 0) is 0 Å². The van der Waals surface area contributed by atoms with E-state index in [1.165, 1.54) is 11.9 Å². The summed E-state index contributed by atoms with van der Waals surface area (Å²) in [6.07, 6.45) is -1.01. The van der Waals surface area contributed by atoms with Crippen LogP contribution in [0.5, 0.6) is 0 Å². The van der Waals surface area contributed by atoms with Gasteiger partial charge in [0.1, 0.15) is 0 Å². The van der Waals surface area contributed by atoms with Gasteiger partial charge in [-0.1, -0.05) is 0 Å². The number of hydrogen-bond donors (Lipinski definition) is 1. The summed E-state index contributed by atoms with van der Waals surface area (Å²) in [5, 5.41) is 8.80. The Kier molecular flexibility index (Phi) is 4.63. The van der Waals surface area contributed by atoms with Crippen LogP contribution in [0.1, 0.15) is 13.3 Å². The van der Waals surface area contributed by atoms with Crippen molar-refractivity contribution in [3.63, 3.8) is 0 Å². The highest BCUT2D eigenvalue weighted by atomic mass is 19.4. The molecule has 0 fully saturated rings. The largest absolute Gasteiger partial charge is 0.492 e. The maximum atomic E-state index is 11.8. The molecule has 0 aliphatic carbocycles. The second-order valence-electron chi connectivity index (χ2n) is 3.11. The summed E-state index contributed by atoms with van der Waals surface area (Å²) in [7, 11) is 1.40. The minimum atomic E-state index is -4.73. The molecule has 0 saturated carbocycles. The smallest absolute Gasteiger partial charge is 0.448 e. The normalized spacial score (nSPS) is 15.2. The highest BCUT2D eigenvalue weighted by Gasteiger charge is 2.24. The van der Waals surface area contributed by atoms with Crippen LogP contribution in [0.25, 0.3) is 0 Å². The monoisotopic (exact) mass is 184 g/mol. The van der Waals surface area contributed by atoms with Gasteiger partial charge in [-0.25, -0.2) is 0 Å². The maximum Gasteiger partial charge on any atom is 0.492 e. The molecular formula is C6H14BF3NO-. The van der Waals surface area contributed by atoms with Crippen LogP contribution >= 0.6 is 0 Å². The number of halogens is 3. The fraction of sp³-hybridized carbons (Fsp3) is 1.00. The Morgan fingerprint density at radius 3 is 2.25 bits per heavy atom. The lowest BCUT2D eigenvalue weighted by Crippen LogP contribution is -2.36. The molecule has 0 heterocycles. The zero-order chi connectivity index (χ0) is 9.78. The lowest BCUT2D eigenvalue weighted by Gasteiger charge is -2.23. The molecule has 0 spiro atoms. The Morgan fingerprint density at radius 2 is 1.92 bits per heavy atom. The first-order valence-electron chi connectivity index (χ1n) is 3.89. The summed E-state index contributed by atoms with van der Waals surface area (Å²) in [6.45, 7) is -2.89. The van der Waals surface area contributed by atoms with Crippen molar-refractivity contribution in [1.82, 2.24) is 4.90 Å². The lowest BCUT2D eigenvalue weighted by molar-refractivity contribution is 0.166. The molecular weight excluding hydrogens is 170 g/mol. The molecule has 0 aromatic heterocycles. The number of rotatable bonds is 5. The number of nitrogens with zero attached hydrogens (tertiary/aromatic N) is 1. The number of aliphatic hydroxyl groups excluding tert-OH is 1. The van der Waals surface area contributed by atoms with Gasteiger partial charge in [-0.15, -0.1) is 0 Å². The van der Waals surface area contributed by atoms with E-state index in [0.29, 0.717) is 6.42 Å². The van der Waals surface area contributed by atoms with E-state index in [1.54, 1.807) is 6.92 Å². The Hall–Kier alpha value is -0.225. The third-order valence-electron chi connectivity index (χ3n) is 1.45. The molecule has 12 heavy (non-hydrogen) atoms. The molecule has 0 saturated heterocycles. The topological polar surface area (TPSA) is 23.5 Å². The minimum absolute atomic E-state index is 0.277. The quantitative estimate of drug-likeness (QED) is 0.646. The molecule has 0 aromatic carbocycles. The van der Waals surface area contributed by atoms with Crippen LogP contribution in [-0.4, -0.2) is 43.1 Å². The molecule has 1 atom stereocenters. The third-order valence-corrected chi connectivity index (χ3v) is 1.45. The molecule has 6 heteroatoms. The van der Waals surface area contributed by atoms with Gasteiger partial charge in [-0.3, -0.25) is 0 Å². The van der Waals surface area contributed by atoms with Crippen LogP contribution in [0.15, 0.2) is 0 Å². The zero-order valence-corrected chi connectivity index (χ0v) is 7.30. The van der Waals surface area contributed by atoms with Crippen LogP contribution in [0.2, 0.25) is 0 Å². The molecule has 0 aliphatic heterocycles. The first-order chi connectivity index (χ1) is 5.31. The van der Waals surface area contributed by atoms with Crippen molar-refractivity contribution in [2.75, 3.05) is 20.0 Å². The van der Waals surface area contributed by atoms with Gasteiger partial charge in [0.2, 0.25) is 0 Å². The fourth-order valence-corrected chi connectivity index (χ4v) is 0.852. The number of hydrogen-bond acceptors (Lipinski definition) is 2. The molecule has 0 rings (SSSR count). The SMILES string of the molecule is CC(O)CCN(C)C[B-](F)(F)F. The van der Waals surface area contributed by atoms with Gasteiger partial charge in [0.05, 0.1) is 6.10 Å². The van der Waals surface area contributed by atoms with E-state index in [2.05, 4.69) is 0 Å². The standard InChI is InChI=1S/C6H14BF3NO/c1-6(12)3-4-11(2)5-7(8,9)10/h6,12H,3-5H2,1-2H3/q-1. The molecule has 0 aliphatic rings. The van der Waals surface area contributed by atoms with E-state index in [-0.39, 0.29) is 6.54 Å². The second kappa shape index (κ2) is 4.72. The Balaban J connectivity index is 3.53. The van der Waals surface area contributed by atoms with E-state index >= 15 is 0 Å². The third kappa shape index (κ3) is 7.88. The van der Waals surface area contributed by atoms with Gasteiger partial charge in [0, 0.05) is 0 Å². The summed E-state index contributed by atoms with van der Waals surface area (Å²) in [6, 6.07) is 0. The van der Waals surface area contributed by atoms with E-state index in [1.807, 2.05) is 0 Å². The van der Waals surface area contributed by atoms with Gasteiger partial charge in [0.25, 0.3) is 0 Å². The average Bonchev–Trinajstić information content (AvgIpc) is 1.79. The van der Waals surface area contributed by atoms with Gasteiger partial charge in [-0.05, 0) is 33.4 Å². The van der Waals surface area contributed by atoms with Crippen LogP contribution in [0, 0.1) is 0 Å². The fourth-order valence-electron chi connectivity index (χ4n) is 0.852. The Labute approximate surface area is 70.4 Å². The van der Waals surface area contributed by atoms with E-state index < -0.39 is 19.5 Å². The van der Waals surface area contributed by atoms with Crippen molar-refractivity contribution < 1.29 is 18.1 Å². The van der Waals surface area contributed by atoms with Crippen molar-refractivity contribution in [2.24, 2.45) is 0 Å². The Bertz CT molecular complexity index is 128. The van der Waals surface area contributed by atoms with Gasteiger partial charge in [-0.2, -0.15) is 0 Å². The molecule has 2 nitrogen and oxygen atoms in total. The molecule has 0 aromatic rings. The van der Waals surface area contributed by atoms with Gasteiger partial charge in [0.15, 0.2) is 0 Å². The molecule has 74 valence electrons. The highest BCUT2D eigenvalue weighted by molar-refractivity contribution is 6.58. The molecule has 0 bridgehead atoms. The summed E-state index contributed by atoms with van der Waals surface area (Å²) >= 11 is 0. The van der Waals surface area contributed by atoms with E-state index in [4.69, 9.17) is 5.11 Å². The first-order valence-corrected chi connectivity index (χ1v) is 3.89. The molecule has 1 N–H and O–H groups in total. The lowest BCUT2D eigenvalue weighted by atomic mass is 9.91. The predicted molar refractivity (Wildman–Crippen MR) is 42.9 cm³/mol. The molecule has 0 amide bonds. The first kappa shape index (κ1) is 11.8. The minimum Gasteiger partial charge on any atom is -0.448 e. The highest BCUT2D eigenvalue weighted by Crippen LogP contribution is 2.09. The second-order valence-corrected chi connectivity index (χ2v) is 3.11. The van der Waals surface area contributed by atoms with Crippen LogP contribution in [0.4, 0.5) is 12.9 Å². The maximum absolute atomic E-state index is 11.8. The van der Waals surface area contributed by atoms with Crippen molar-refractivity contribution in [3.05, 3.63) is 0 Å². The van der Waals surface area contributed by atoms with E-state index in [0.717, 1.165) is 0 Å². The summed E-state index contributed by atoms with van der Waals surface area (Å²) in [5.74, 6) is 0. The summed E-state index contributed by atoms with van der Waals surface area (Å²) in [5.41, 5.74) is 0. The van der Waals surface area contributed by atoms with Crippen molar-refractivity contribution in [1.29, 1.82) is 0 Å².